The normalized spacial score (nSPS) is 11.1. The van der Waals surface area contributed by atoms with Gasteiger partial charge in [0.15, 0.2) is 11.5 Å². The molecule has 0 unspecified atom stereocenters. The van der Waals surface area contributed by atoms with Crippen LogP contribution in [0.25, 0.3) is 16.9 Å². The number of fused-ring (bicyclic) bond motifs is 2. The molecule has 2 aromatic carbocycles. The van der Waals surface area contributed by atoms with Crippen LogP contribution in [-0.4, -0.2) is 47.5 Å². The molecule has 37 heavy (non-hydrogen) atoms. The Labute approximate surface area is 209 Å². The van der Waals surface area contributed by atoms with Crippen LogP contribution >= 0.6 is 0 Å². The Morgan fingerprint density at radius 1 is 0.946 bits per heavy atom. The lowest BCUT2D eigenvalue weighted by Gasteiger charge is -2.10. The van der Waals surface area contributed by atoms with Gasteiger partial charge in [-0.05, 0) is 41.8 Å². The third-order valence-electron chi connectivity index (χ3n) is 5.70. The number of nitrogens with one attached hydrogen (secondary N) is 2. The molecule has 0 saturated carbocycles. The van der Waals surface area contributed by atoms with Gasteiger partial charge in [0.1, 0.15) is 23.2 Å². The highest BCUT2D eigenvalue weighted by Crippen LogP contribution is 2.17. The van der Waals surface area contributed by atoms with Crippen molar-refractivity contribution in [2.45, 2.75) is 26.9 Å². The average molecular weight is 499 g/mol. The van der Waals surface area contributed by atoms with Gasteiger partial charge in [-0.15, -0.1) is 0 Å². The Hall–Kier alpha value is -5.13. The van der Waals surface area contributed by atoms with Crippen molar-refractivity contribution in [3.8, 4) is 0 Å². The van der Waals surface area contributed by atoms with Crippen molar-refractivity contribution in [1.82, 2.24) is 35.2 Å². The third-order valence-corrected chi connectivity index (χ3v) is 5.70. The summed E-state index contributed by atoms with van der Waals surface area (Å²) < 4.78 is 6.73. The molecule has 12 nitrogen and oxygen atoms in total. The Bertz CT molecular complexity index is 1690. The quantitative estimate of drug-likeness (QED) is 0.305. The average Bonchev–Trinajstić information content (AvgIpc) is 3.50. The zero-order valence-electron chi connectivity index (χ0n) is 19.8. The van der Waals surface area contributed by atoms with Gasteiger partial charge < -0.3 is 20.2 Å². The monoisotopic (exact) mass is 499 g/mol. The molecule has 5 rings (SSSR count). The number of hydrogen-bond donors (Lipinski definition) is 3. The minimum absolute atomic E-state index is 0.0102. The molecule has 12 heteroatoms. The zero-order valence-corrected chi connectivity index (χ0v) is 19.8. The predicted octanol–water partition coefficient (Wildman–Crippen LogP) is 2.44. The second kappa shape index (κ2) is 9.49. The van der Waals surface area contributed by atoms with E-state index in [-0.39, 0.29) is 35.8 Å². The molecule has 0 saturated heterocycles. The molecule has 3 N–H and O–H groups in total. The first kappa shape index (κ1) is 23.6. The number of oxazole rings is 1. The fourth-order valence-corrected chi connectivity index (χ4v) is 3.91. The number of benzene rings is 2. The summed E-state index contributed by atoms with van der Waals surface area (Å²) in [4.78, 5) is 49.6. The van der Waals surface area contributed by atoms with Crippen molar-refractivity contribution in [3.63, 3.8) is 0 Å². The smallest absolute Gasteiger partial charge is 0.335 e. The maximum absolute atomic E-state index is 13.0. The SMILES string of the molecule is Cc1nc2cc(CNC(=O)c3cc(C(=O)NCc4ccc(C(=O)O)c(C)c4)nc4ncnn34)ccc2o1. The van der Waals surface area contributed by atoms with Gasteiger partial charge in [-0.3, -0.25) is 9.59 Å². The Morgan fingerprint density at radius 3 is 2.43 bits per heavy atom. The first-order chi connectivity index (χ1) is 17.8. The molecule has 0 fully saturated rings. The summed E-state index contributed by atoms with van der Waals surface area (Å²) in [6.07, 6.45) is 1.24. The summed E-state index contributed by atoms with van der Waals surface area (Å²) in [5.41, 5.74) is 3.75. The highest BCUT2D eigenvalue weighted by atomic mass is 16.4. The molecule has 0 bridgehead atoms. The molecule has 0 atom stereocenters. The number of aromatic nitrogens is 5. The highest BCUT2D eigenvalue weighted by Gasteiger charge is 2.18. The van der Waals surface area contributed by atoms with Gasteiger partial charge in [0.25, 0.3) is 17.6 Å². The number of carbonyl (C=O) groups is 3. The number of carboxylic acids is 1. The summed E-state index contributed by atoms with van der Waals surface area (Å²) >= 11 is 0. The van der Waals surface area contributed by atoms with E-state index in [9.17, 15) is 19.5 Å². The van der Waals surface area contributed by atoms with E-state index >= 15 is 0 Å². The number of aromatic carboxylic acids is 1. The van der Waals surface area contributed by atoms with Crippen molar-refractivity contribution in [2.75, 3.05) is 0 Å². The maximum atomic E-state index is 13.0. The van der Waals surface area contributed by atoms with Gasteiger partial charge in [-0.25, -0.2) is 14.8 Å². The van der Waals surface area contributed by atoms with Gasteiger partial charge in [0.05, 0.1) is 5.56 Å². The van der Waals surface area contributed by atoms with Crippen molar-refractivity contribution in [1.29, 1.82) is 0 Å². The number of rotatable bonds is 7. The maximum Gasteiger partial charge on any atom is 0.335 e. The molecule has 3 aromatic heterocycles. The number of nitrogens with zero attached hydrogens (tertiary/aromatic N) is 5. The number of amides is 2. The first-order valence-corrected chi connectivity index (χ1v) is 11.2. The molecule has 0 spiro atoms. The van der Waals surface area contributed by atoms with Crippen molar-refractivity contribution in [2.24, 2.45) is 0 Å². The summed E-state index contributed by atoms with van der Waals surface area (Å²) in [6, 6.07) is 11.6. The molecule has 2 amide bonds. The first-order valence-electron chi connectivity index (χ1n) is 11.2. The van der Waals surface area contributed by atoms with Gasteiger partial charge in [-0.2, -0.15) is 14.6 Å². The van der Waals surface area contributed by atoms with Crippen LogP contribution < -0.4 is 10.6 Å². The molecule has 0 aliphatic rings. The number of hydrogen-bond acceptors (Lipinski definition) is 8. The molecule has 5 aromatic rings. The molecule has 0 aliphatic heterocycles. The van der Waals surface area contributed by atoms with Gasteiger partial charge >= 0.3 is 5.97 Å². The van der Waals surface area contributed by atoms with E-state index in [2.05, 4.69) is 30.7 Å². The topological polar surface area (TPSA) is 165 Å². The lowest BCUT2D eigenvalue weighted by molar-refractivity contribution is 0.0695. The van der Waals surface area contributed by atoms with Crippen molar-refractivity contribution < 1.29 is 23.9 Å². The van der Waals surface area contributed by atoms with Gasteiger partial charge in [0, 0.05) is 26.1 Å². The zero-order chi connectivity index (χ0) is 26.1. The van der Waals surface area contributed by atoms with E-state index in [0.717, 1.165) is 11.1 Å². The lowest BCUT2D eigenvalue weighted by atomic mass is 10.1. The standard InChI is InChI=1S/C25H21N7O5/c1-13-7-15(3-5-17(13)24(35)36)10-26-22(33)19-9-20(32-25(31-19)28-12-29-32)23(34)27-11-16-4-6-21-18(8-16)30-14(2)37-21/h3-9,12H,10-11H2,1-2H3,(H,26,33)(H,27,34)(H,35,36). The van der Waals surface area contributed by atoms with Crippen LogP contribution in [0.5, 0.6) is 0 Å². The summed E-state index contributed by atoms with van der Waals surface area (Å²) in [6.45, 7) is 3.81. The molecule has 3 heterocycles. The number of carboxylic acid groups (broad SMARTS) is 1. The Kier molecular flexibility index (Phi) is 6.05. The largest absolute Gasteiger partial charge is 0.478 e. The van der Waals surface area contributed by atoms with Crippen molar-refractivity contribution >= 4 is 34.7 Å². The number of aryl methyl sites for hydroxylation is 2. The molecule has 0 radical (unpaired) electrons. The van der Waals surface area contributed by atoms with Crippen LogP contribution in [0, 0.1) is 13.8 Å². The molecular weight excluding hydrogens is 478 g/mol. The van der Waals surface area contributed by atoms with Crippen LogP contribution in [0.1, 0.15) is 53.9 Å². The van der Waals surface area contributed by atoms with Crippen LogP contribution in [0.15, 0.2) is 53.2 Å². The summed E-state index contributed by atoms with van der Waals surface area (Å²) in [7, 11) is 0. The van der Waals surface area contributed by atoms with E-state index in [1.807, 2.05) is 12.1 Å². The van der Waals surface area contributed by atoms with Crippen molar-refractivity contribution in [3.05, 3.63) is 88.3 Å². The minimum Gasteiger partial charge on any atom is -0.478 e. The van der Waals surface area contributed by atoms with Gasteiger partial charge in [-0.1, -0.05) is 18.2 Å². The van der Waals surface area contributed by atoms with Gasteiger partial charge in [0.2, 0.25) is 0 Å². The Morgan fingerprint density at radius 2 is 1.68 bits per heavy atom. The van der Waals surface area contributed by atoms with Crippen LogP contribution in [0.4, 0.5) is 0 Å². The summed E-state index contributed by atoms with van der Waals surface area (Å²) in [5.74, 6) is -1.35. The molecular formula is C25H21N7O5. The van der Waals surface area contributed by atoms with E-state index in [1.54, 1.807) is 32.0 Å². The van der Waals surface area contributed by atoms with E-state index in [0.29, 0.717) is 22.6 Å². The van der Waals surface area contributed by atoms with Crippen LogP contribution in [-0.2, 0) is 13.1 Å². The lowest BCUT2D eigenvalue weighted by Crippen LogP contribution is -2.28. The third kappa shape index (κ3) is 4.85. The van der Waals surface area contributed by atoms with Crippen LogP contribution in [0.3, 0.4) is 0 Å². The number of carbonyl (C=O) groups excluding carboxylic acids is 2. The molecule has 0 aliphatic carbocycles. The van der Waals surface area contributed by atoms with E-state index in [1.165, 1.54) is 23.0 Å². The fourth-order valence-electron chi connectivity index (χ4n) is 3.91. The van der Waals surface area contributed by atoms with Crippen LogP contribution in [0.2, 0.25) is 0 Å². The minimum atomic E-state index is -1.02. The Balaban J connectivity index is 1.32. The molecule has 186 valence electrons. The second-order valence-electron chi connectivity index (χ2n) is 8.35. The summed E-state index contributed by atoms with van der Waals surface area (Å²) in [5, 5.41) is 18.8. The van der Waals surface area contributed by atoms with E-state index in [4.69, 9.17) is 4.42 Å². The van der Waals surface area contributed by atoms with E-state index < -0.39 is 17.8 Å². The highest BCUT2D eigenvalue weighted by molar-refractivity contribution is 5.98. The second-order valence-corrected chi connectivity index (χ2v) is 8.35. The fraction of sp³-hybridized carbons (Fsp3) is 0.160. The predicted molar refractivity (Wildman–Crippen MR) is 130 cm³/mol.